The fourth-order valence-corrected chi connectivity index (χ4v) is 7.41. The minimum atomic E-state index is -0.250. The first-order valence-electron chi connectivity index (χ1n) is 16.3. The normalized spacial score (nSPS) is 17.8. The Balaban J connectivity index is 1.18. The molecule has 0 bridgehead atoms. The van der Waals surface area contributed by atoms with Crippen LogP contribution >= 0.6 is 11.3 Å². The largest absolute Gasteiger partial charge is 0.496 e. The smallest absolute Gasteiger partial charge is 0.130 e. The Bertz CT molecular complexity index is 1930. The predicted octanol–water partition coefficient (Wildman–Crippen LogP) is 9.72. The van der Waals surface area contributed by atoms with E-state index in [2.05, 4.69) is 48.5 Å². The van der Waals surface area contributed by atoms with Crippen molar-refractivity contribution in [3.63, 3.8) is 0 Å². The van der Waals surface area contributed by atoms with Gasteiger partial charge in [0.05, 0.1) is 55.1 Å². The third kappa shape index (κ3) is 7.66. The Morgan fingerprint density at radius 2 is 1.50 bits per heavy atom. The van der Waals surface area contributed by atoms with Gasteiger partial charge in [-0.25, -0.2) is 9.37 Å². The maximum Gasteiger partial charge on any atom is 0.130 e. The van der Waals surface area contributed by atoms with Gasteiger partial charge in [0.15, 0.2) is 0 Å². The van der Waals surface area contributed by atoms with Gasteiger partial charge in [0.25, 0.3) is 0 Å². The van der Waals surface area contributed by atoms with Gasteiger partial charge in [-0.3, -0.25) is 0 Å². The molecule has 5 nitrogen and oxygen atoms in total. The molecular formula is C41H38FNO4S. The standard InChI is InChI=1S/C41H38FNO4S/c1-44-41-31(21-40-43-24-39(48-40)30-16-18-32(42)19-17-30)20-37(35-14-8-9-15-36(35)41)38-23-33(46-26-29-12-6-3-7-13-29)22-34(47-38)27-45-25-28-10-4-2-5-11-28/h2-20,24,33-34,38H,21-23,25-27H2,1H3. The van der Waals surface area contributed by atoms with Crippen molar-refractivity contribution in [1.29, 1.82) is 0 Å². The quantitative estimate of drug-likeness (QED) is 0.131. The van der Waals surface area contributed by atoms with Gasteiger partial charge in [-0.2, -0.15) is 0 Å². The Morgan fingerprint density at radius 3 is 2.23 bits per heavy atom. The molecule has 0 aliphatic carbocycles. The molecule has 0 saturated carbocycles. The molecule has 7 heteroatoms. The highest BCUT2D eigenvalue weighted by Crippen LogP contribution is 2.42. The molecule has 7 rings (SSSR count). The second-order valence-electron chi connectivity index (χ2n) is 12.1. The van der Waals surface area contributed by atoms with Crippen molar-refractivity contribution >= 4 is 22.1 Å². The van der Waals surface area contributed by atoms with E-state index in [1.165, 1.54) is 12.1 Å². The molecule has 244 valence electrons. The SMILES string of the molecule is COc1c(Cc2ncc(-c3ccc(F)cc3)s2)cc(C2CC(OCc3ccccc3)CC(COCc3ccccc3)O2)c2ccccc12. The van der Waals surface area contributed by atoms with Crippen molar-refractivity contribution in [2.75, 3.05) is 13.7 Å². The molecule has 3 atom stereocenters. The predicted molar refractivity (Wildman–Crippen MR) is 189 cm³/mol. The van der Waals surface area contributed by atoms with E-state index in [4.69, 9.17) is 23.9 Å². The Hall–Kier alpha value is -4.40. The van der Waals surface area contributed by atoms with Gasteiger partial charge >= 0.3 is 0 Å². The number of hydrogen-bond donors (Lipinski definition) is 0. The van der Waals surface area contributed by atoms with Gasteiger partial charge in [0, 0.05) is 36.4 Å². The third-order valence-corrected chi connectivity index (χ3v) is 9.83. The summed E-state index contributed by atoms with van der Waals surface area (Å²) in [5.74, 6) is 0.586. The van der Waals surface area contributed by atoms with Gasteiger partial charge in [0.2, 0.25) is 0 Å². The van der Waals surface area contributed by atoms with Crippen LogP contribution in [0.5, 0.6) is 5.75 Å². The molecule has 48 heavy (non-hydrogen) atoms. The first-order chi connectivity index (χ1) is 23.6. The van der Waals surface area contributed by atoms with Crippen LogP contribution in [0, 0.1) is 5.82 Å². The monoisotopic (exact) mass is 659 g/mol. The number of nitrogens with zero attached hydrogens (tertiary/aromatic N) is 1. The summed E-state index contributed by atoms with van der Waals surface area (Å²) in [7, 11) is 1.72. The van der Waals surface area contributed by atoms with Crippen LogP contribution in [0.1, 0.15) is 46.2 Å². The summed E-state index contributed by atoms with van der Waals surface area (Å²) in [4.78, 5) is 5.74. The summed E-state index contributed by atoms with van der Waals surface area (Å²) in [6, 6.07) is 37.7. The van der Waals surface area contributed by atoms with E-state index >= 15 is 0 Å². The van der Waals surface area contributed by atoms with Crippen LogP contribution in [0.2, 0.25) is 0 Å². The average Bonchev–Trinajstić information content (AvgIpc) is 3.60. The van der Waals surface area contributed by atoms with Crippen molar-refractivity contribution < 1.29 is 23.3 Å². The van der Waals surface area contributed by atoms with Gasteiger partial charge in [-0.15, -0.1) is 11.3 Å². The van der Waals surface area contributed by atoms with E-state index in [-0.39, 0.29) is 24.1 Å². The molecule has 0 radical (unpaired) electrons. The fraction of sp³-hybridized carbons (Fsp3) is 0.244. The van der Waals surface area contributed by atoms with Gasteiger partial charge < -0.3 is 18.9 Å². The molecule has 1 aromatic heterocycles. The molecule has 1 fully saturated rings. The number of halogens is 1. The van der Waals surface area contributed by atoms with Crippen LogP contribution in [0.3, 0.4) is 0 Å². The number of methoxy groups -OCH3 is 1. The average molecular weight is 660 g/mol. The third-order valence-electron chi connectivity index (χ3n) is 8.78. The van der Waals surface area contributed by atoms with Gasteiger partial charge in [-0.05, 0) is 45.8 Å². The Morgan fingerprint density at radius 1 is 0.812 bits per heavy atom. The molecular weight excluding hydrogens is 622 g/mol. The first-order valence-corrected chi connectivity index (χ1v) is 17.2. The van der Waals surface area contributed by atoms with Crippen LogP contribution in [0.25, 0.3) is 21.2 Å². The molecule has 6 aromatic rings. The number of rotatable bonds is 12. The van der Waals surface area contributed by atoms with E-state index in [0.29, 0.717) is 26.2 Å². The number of ether oxygens (including phenoxy) is 4. The number of hydrogen-bond acceptors (Lipinski definition) is 6. The van der Waals surface area contributed by atoms with E-state index in [0.717, 1.165) is 67.1 Å². The van der Waals surface area contributed by atoms with E-state index < -0.39 is 0 Å². The van der Waals surface area contributed by atoms with Crippen molar-refractivity contribution in [1.82, 2.24) is 4.98 Å². The van der Waals surface area contributed by atoms with Crippen LogP contribution in [-0.4, -0.2) is 30.9 Å². The van der Waals surface area contributed by atoms with E-state index in [1.54, 1.807) is 30.6 Å². The van der Waals surface area contributed by atoms with E-state index in [1.807, 2.05) is 48.7 Å². The van der Waals surface area contributed by atoms with Crippen LogP contribution < -0.4 is 4.74 Å². The molecule has 1 aliphatic rings. The molecule has 0 spiro atoms. The summed E-state index contributed by atoms with van der Waals surface area (Å²) >= 11 is 1.61. The number of fused-ring (bicyclic) bond motifs is 1. The number of thiazole rings is 1. The lowest BCUT2D eigenvalue weighted by atomic mass is 9.90. The number of aromatic nitrogens is 1. The minimum absolute atomic E-state index is 0.00387. The molecule has 0 amide bonds. The highest BCUT2D eigenvalue weighted by molar-refractivity contribution is 7.15. The zero-order valence-corrected chi connectivity index (χ0v) is 27.7. The molecule has 0 N–H and O–H groups in total. The second kappa shape index (κ2) is 15.2. The lowest BCUT2D eigenvalue weighted by Crippen LogP contribution is -2.35. The zero-order valence-electron chi connectivity index (χ0n) is 26.9. The van der Waals surface area contributed by atoms with Crippen molar-refractivity contribution in [3.8, 4) is 16.2 Å². The lowest BCUT2D eigenvalue weighted by Gasteiger charge is -2.36. The topological polar surface area (TPSA) is 49.8 Å². The summed E-state index contributed by atoms with van der Waals surface area (Å²) in [5, 5.41) is 3.09. The summed E-state index contributed by atoms with van der Waals surface area (Å²) in [6.07, 6.45) is 3.60. The Kier molecular flexibility index (Phi) is 10.2. The lowest BCUT2D eigenvalue weighted by molar-refractivity contribution is -0.141. The zero-order chi connectivity index (χ0) is 32.7. The molecule has 1 saturated heterocycles. The highest BCUT2D eigenvalue weighted by Gasteiger charge is 2.33. The summed E-state index contributed by atoms with van der Waals surface area (Å²) in [5.41, 5.74) is 5.39. The maximum absolute atomic E-state index is 13.5. The van der Waals surface area contributed by atoms with Gasteiger partial charge in [-0.1, -0.05) is 97.1 Å². The van der Waals surface area contributed by atoms with Crippen LogP contribution in [0.4, 0.5) is 4.39 Å². The fourth-order valence-electron chi connectivity index (χ4n) is 6.46. The summed E-state index contributed by atoms with van der Waals surface area (Å²) < 4.78 is 39.2. The molecule has 5 aromatic carbocycles. The molecule has 2 heterocycles. The Labute approximate surface area is 284 Å². The highest BCUT2D eigenvalue weighted by atomic mass is 32.1. The van der Waals surface area contributed by atoms with Crippen molar-refractivity contribution in [2.24, 2.45) is 0 Å². The maximum atomic E-state index is 13.5. The van der Waals surface area contributed by atoms with Crippen LogP contribution in [-0.2, 0) is 33.8 Å². The van der Waals surface area contributed by atoms with Crippen molar-refractivity contribution in [3.05, 3.63) is 155 Å². The van der Waals surface area contributed by atoms with Crippen molar-refractivity contribution in [2.45, 2.75) is 50.8 Å². The molecule has 3 unspecified atom stereocenters. The first kappa shape index (κ1) is 32.2. The van der Waals surface area contributed by atoms with Gasteiger partial charge in [0.1, 0.15) is 11.6 Å². The minimum Gasteiger partial charge on any atom is -0.496 e. The van der Waals surface area contributed by atoms with E-state index in [9.17, 15) is 4.39 Å². The number of benzene rings is 5. The second-order valence-corrected chi connectivity index (χ2v) is 13.3. The molecule has 1 aliphatic heterocycles. The summed E-state index contributed by atoms with van der Waals surface area (Å²) in [6.45, 7) is 1.55. The van der Waals surface area contributed by atoms with Crippen LogP contribution in [0.15, 0.2) is 121 Å².